The van der Waals surface area contributed by atoms with Crippen molar-refractivity contribution in [1.29, 1.82) is 0 Å². The van der Waals surface area contributed by atoms with Gasteiger partial charge >= 0.3 is 5.97 Å². The summed E-state index contributed by atoms with van der Waals surface area (Å²) < 4.78 is 5.11. The number of carbonyl (C=O) groups excluding carboxylic acids is 1. The molecule has 1 fully saturated rings. The Kier molecular flexibility index (Phi) is 6.69. The zero-order chi connectivity index (χ0) is 13.4. The molecular weight excluding hydrogens is 226 g/mol. The van der Waals surface area contributed by atoms with Gasteiger partial charge in [0.25, 0.3) is 0 Å². The minimum atomic E-state index is -0.0487. The first-order valence-electron chi connectivity index (χ1n) is 7.56. The lowest BCUT2D eigenvalue weighted by Gasteiger charge is -2.40. The van der Waals surface area contributed by atoms with Crippen LogP contribution in [0.1, 0.15) is 65.7 Å². The molecule has 106 valence electrons. The zero-order valence-electron chi connectivity index (χ0n) is 12.3. The van der Waals surface area contributed by atoms with Crippen LogP contribution in [0.4, 0.5) is 0 Å². The summed E-state index contributed by atoms with van der Waals surface area (Å²) in [7, 11) is 0. The van der Waals surface area contributed by atoms with Crippen LogP contribution in [0.5, 0.6) is 0 Å². The number of ether oxygens (including phenoxy) is 1. The van der Waals surface area contributed by atoms with Crippen LogP contribution < -0.4 is 5.32 Å². The van der Waals surface area contributed by atoms with Gasteiger partial charge in [0.15, 0.2) is 0 Å². The van der Waals surface area contributed by atoms with E-state index < -0.39 is 0 Å². The number of esters is 1. The Labute approximate surface area is 112 Å². The Morgan fingerprint density at radius 2 is 1.94 bits per heavy atom. The Morgan fingerprint density at radius 1 is 1.28 bits per heavy atom. The average molecular weight is 255 g/mol. The second-order valence-electron chi connectivity index (χ2n) is 5.52. The number of hydrogen-bond acceptors (Lipinski definition) is 3. The Hall–Kier alpha value is -0.570. The highest BCUT2D eigenvalue weighted by Gasteiger charge is 2.36. The van der Waals surface area contributed by atoms with Gasteiger partial charge in [-0.1, -0.05) is 26.7 Å². The van der Waals surface area contributed by atoms with Crippen molar-refractivity contribution in [2.24, 2.45) is 5.92 Å². The minimum absolute atomic E-state index is 0.00520. The van der Waals surface area contributed by atoms with Crippen molar-refractivity contribution < 1.29 is 9.53 Å². The zero-order valence-corrected chi connectivity index (χ0v) is 12.3. The maximum absolute atomic E-state index is 11.7. The van der Waals surface area contributed by atoms with Gasteiger partial charge in [0.2, 0.25) is 0 Å². The maximum atomic E-state index is 11.7. The molecule has 0 radical (unpaired) electrons. The van der Waals surface area contributed by atoms with E-state index in [2.05, 4.69) is 19.2 Å². The highest BCUT2D eigenvalue weighted by Crippen LogP contribution is 2.36. The van der Waals surface area contributed by atoms with Gasteiger partial charge in [-0.2, -0.15) is 0 Å². The molecule has 3 nitrogen and oxygen atoms in total. The normalized spacial score (nSPS) is 28.1. The molecule has 0 amide bonds. The molecule has 0 spiro atoms. The fraction of sp³-hybridized carbons (Fsp3) is 0.933. The van der Waals surface area contributed by atoms with E-state index >= 15 is 0 Å². The van der Waals surface area contributed by atoms with Gasteiger partial charge in [0, 0.05) is 5.54 Å². The molecule has 0 heterocycles. The van der Waals surface area contributed by atoms with Gasteiger partial charge in [-0.25, -0.2) is 0 Å². The first kappa shape index (κ1) is 15.5. The maximum Gasteiger partial charge on any atom is 0.307 e. The van der Waals surface area contributed by atoms with Gasteiger partial charge < -0.3 is 10.1 Å². The fourth-order valence-electron chi connectivity index (χ4n) is 3.21. The molecule has 1 aliphatic carbocycles. The van der Waals surface area contributed by atoms with Crippen molar-refractivity contribution in [3.05, 3.63) is 0 Å². The van der Waals surface area contributed by atoms with Crippen LogP contribution in [-0.2, 0) is 9.53 Å². The summed E-state index contributed by atoms with van der Waals surface area (Å²) in [5.41, 5.74) is 0.00520. The predicted molar refractivity (Wildman–Crippen MR) is 74.5 cm³/mol. The van der Waals surface area contributed by atoms with Gasteiger partial charge in [0.05, 0.1) is 13.0 Å². The second-order valence-corrected chi connectivity index (χ2v) is 5.52. The molecule has 0 unspecified atom stereocenters. The summed E-state index contributed by atoms with van der Waals surface area (Å²) in [5.74, 6) is 0.816. The van der Waals surface area contributed by atoms with Crippen LogP contribution in [0.3, 0.4) is 0 Å². The molecule has 1 saturated carbocycles. The number of nitrogens with one attached hydrogen (secondary N) is 1. The largest absolute Gasteiger partial charge is 0.466 e. The molecular formula is C15H29NO2. The summed E-state index contributed by atoms with van der Waals surface area (Å²) >= 11 is 0. The molecule has 0 aromatic rings. The molecule has 0 saturated heterocycles. The summed E-state index contributed by atoms with van der Waals surface area (Å²) in [6, 6.07) is 0. The van der Waals surface area contributed by atoms with E-state index in [-0.39, 0.29) is 11.5 Å². The molecule has 1 N–H and O–H groups in total. The predicted octanol–water partition coefficient (Wildman–Crippen LogP) is 3.28. The summed E-state index contributed by atoms with van der Waals surface area (Å²) in [5, 5.41) is 3.55. The molecule has 0 aliphatic heterocycles. The quantitative estimate of drug-likeness (QED) is 0.709. The van der Waals surface area contributed by atoms with Crippen molar-refractivity contribution >= 4 is 5.97 Å². The van der Waals surface area contributed by atoms with Crippen LogP contribution in [0.25, 0.3) is 0 Å². The van der Waals surface area contributed by atoms with Crippen molar-refractivity contribution in [2.45, 2.75) is 71.3 Å². The third-order valence-electron chi connectivity index (χ3n) is 4.10. The smallest absolute Gasteiger partial charge is 0.307 e. The van der Waals surface area contributed by atoms with E-state index in [0.29, 0.717) is 13.0 Å². The number of rotatable bonds is 7. The fourth-order valence-corrected chi connectivity index (χ4v) is 3.21. The average Bonchev–Trinajstić information content (AvgIpc) is 2.33. The first-order chi connectivity index (χ1) is 8.65. The van der Waals surface area contributed by atoms with E-state index in [9.17, 15) is 4.79 Å². The van der Waals surface area contributed by atoms with Crippen molar-refractivity contribution in [3.63, 3.8) is 0 Å². The highest BCUT2D eigenvalue weighted by molar-refractivity contribution is 5.71. The van der Waals surface area contributed by atoms with Crippen LogP contribution in [0.2, 0.25) is 0 Å². The molecule has 1 rings (SSSR count). The van der Waals surface area contributed by atoms with E-state index in [1.54, 1.807) is 0 Å². The first-order valence-corrected chi connectivity index (χ1v) is 7.56. The molecule has 0 aromatic heterocycles. The highest BCUT2D eigenvalue weighted by atomic mass is 16.5. The molecule has 0 aromatic carbocycles. The van der Waals surface area contributed by atoms with Crippen molar-refractivity contribution in [1.82, 2.24) is 5.32 Å². The van der Waals surface area contributed by atoms with Crippen LogP contribution in [-0.4, -0.2) is 24.7 Å². The van der Waals surface area contributed by atoms with Gasteiger partial charge in [-0.05, 0) is 45.1 Å². The van der Waals surface area contributed by atoms with Crippen LogP contribution in [0.15, 0.2) is 0 Å². The summed E-state index contributed by atoms with van der Waals surface area (Å²) in [6.45, 7) is 7.66. The monoisotopic (exact) mass is 255 g/mol. The Bertz CT molecular complexity index is 245. The lowest BCUT2D eigenvalue weighted by atomic mass is 9.73. The van der Waals surface area contributed by atoms with E-state index in [4.69, 9.17) is 4.74 Å². The van der Waals surface area contributed by atoms with E-state index in [1.807, 2.05) is 6.92 Å². The van der Waals surface area contributed by atoms with Gasteiger partial charge in [-0.3, -0.25) is 4.79 Å². The van der Waals surface area contributed by atoms with E-state index in [1.165, 1.54) is 25.7 Å². The van der Waals surface area contributed by atoms with Gasteiger partial charge in [0.1, 0.15) is 0 Å². The van der Waals surface area contributed by atoms with Crippen molar-refractivity contribution in [2.75, 3.05) is 13.2 Å². The molecule has 1 aliphatic rings. The molecule has 3 heteroatoms. The topological polar surface area (TPSA) is 38.3 Å². The van der Waals surface area contributed by atoms with Gasteiger partial charge in [-0.15, -0.1) is 0 Å². The molecule has 18 heavy (non-hydrogen) atoms. The summed E-state index contributed by atoms with van der Waals surface area (Å²) in [6.07, 6.45) is 7.88. The number of hydrogen-bond donors (Lipinski definition) is 1. The third-order valence-corrected chi connectivity index (χ3v) is 4.10. The second kappa shape index (κ2) is 7.78. The Balaban J connectivity index is 2.52. The molecule has 0 atom stereocenters. The van der Waals surface area contributed by atoms with E-state index in [0.717, 1.165) is 25.3 Å². The van der Waals surface area contributed by atoms with Crippen LogP contribution >= 0.6 is 0 Å². The van der Waals surface area contributed by atoms with Crippen molar-refractivity contribution in [3.8, 4) is 0 Å². The van der Waals surface area contributed by atoms with Crippen LogP contribution in [0, 0.1) is 5.92 Å². The Morgan fingerprint density at radius 3 is 2.44 bits per heavy atom. The lowest BCUT2D eigenvalue weighted by Crippen LogP contribution is -2.49. The summed E-state index contributed by atoms with van der Waals surface area (Å²) in [4.78, 5) is 11.7. The molecule has 0 bridgehead atoms. The SMILES string of the molecule is CCCC1CCC(CC(=O)OCC)(NCC)CC1. The minimum Gasteiger partial charge on any atom is -0.466 e. The third kappa shape index (κ3) is 4.60. The number of carbonyl (C=O) groups is 1. The standard InChI is InChI=1S/C15H29NO2/c1-4-7-13-8-10-15(11-9-13,16-5-2)12-14(17)18-6-3/h13,16H,4-12H2,1-3H3. The lowest BCUT2D eigenvalue weighted by molar-refractivity contribution is -0.145.